The van der Waals surface area contributed by atoms with E-state index in [1.54, 1.807) is 0 Å². The summed E-state index contributed by atoms with van der Waals surface area (Å²) in [6.07, 6.45) is -3.29. The van der Waals surface area contributed by atoms with Gasteiger partial charge in [-0.05, 0) is 12.1 Å². The molecule has 2 rings (SSSR count). The Hall–Kier alpha value is -1.85. The van der Waals surface area contributed by atoms with Crippen molar-refractivity contribution in [1.82, 2.24) is 0 Å². The van der Waals surface area contributed by atoms with E-state index in [2.05, 4.69) is 14.8 Å². The normalized spacial score (nSPS) is 16.4. The average molecular weight is 201 g/mol. The van der Waals surface area contributed by atoms with Crippen molar-refractivity contribution in [2.45, 2.75) is 6.29 Å². The molecular weight excluding hydrogens is 196 g/mol. The van der Waals surface area contributed by atoms with Crippen molar-refractivity contribution in [3.63, 3.8) is 0 Å². The third kappa shape index (κ3) is 1.34. The Balaban J connectivity index is 2.41. The summed E-state index contributed by atoms with van der Waals surface area (Å²) in [5.41, 5.74) is 0.148. The first-order valence-corrected chi connectivity index (χ1v) is 3.71. The zero-order chi connectivity index (χ0) is 10.2. The van der Waals surface area contributed by atoms with E-state index in [1.165, 1.54) is 18.2 Å². The van der Waals surface area contributed by atoms with Crippen LogP contribution in [-0.2, 0) is 4.79 Å². The molecule has 0 radical (unpaired) electrons. The number of rotatable bonds is 2. The smallest absolute Gasteiger partial charge is 0.395 e. The summed E-state index contributed by atoms with van der Waals surface area (Å²) in [5.74, 6) is -0.258. The molecular formula is C8H5F2NO3. The quantitative estimate of drug-likeness (QED) is 0.739. The van der Waals surface area contributed by atoms with Gasteiger partial charge in [-0.15, -0.1) is 8.78 Å². The van der Waals surface area contributed by atoms with Crippen LogP contribution in [0.25, 0.3) is 0 Å². The Morgan fingerprint density at radius 3 is 2.86 bits per heavy atom. The molecule has 6 heteroatoms. The summed E-state index contributed by atoms with van der Waals surface area (Å²) in [4.78, 5) is 10.1. The topological polar surface area (TPSA) is 47.6 Å². The van der Waals surface area contributed by atoms with Crippen molar-refractivity contribution in [2.24, 2.45) is 0 Å². The van der Waals surface area contributed by atoms with E-state index in [9.17, 15) is 13.6 Å². The molecule has 1 N–H and O–H groups in total. The van der Waals surface area contributed by atoms with E-state index in [4.69, 9.17) is 0 Å². The van der Waals surface area contributed by atoms with Gasteiger partial charge in [0.05, 0.1) is 5.69 Å². The number of ether oxygens (including phenoxy) is 2. The molecule has 0 saturated heterocycles. The number of halogens is 2. The fourth-order valence-electron chi connectivity index (χ4n) is 1.15. The zero-order valence-corrected chi connectivity index (χ0v) is 6.79. The highest BCUT2D eigenvalue weighted by molar-refractivity contribution is 5.77. The Morgan fingerprint density at radius 2 is 2.14 bits per heavy atom. The van der Waals surface area contributed by atoms with Crippen molar-refractivity contribution in [2.75, 3.05) is 5.32 Å². The van der Waals surface area contributed by atoms with Gasteiger partial charge in [-0.25, -0.2) is 0 Å². The minimum Gasteiger partial charge on any atom is -0.395 e. The van der Waals surface area contributed by atoms with Crippen LogP contribution < -0.4 is 14.8 Å². The average Bonchev–Trinajstić information content (AvgIpc) is 2.41. The van der Waals surface area contributed by atoms with Gasteiger partial charge in [-0.2, -0.15) is 0 Å². The molecule has 1 aromatic rings. The fraction of sp³-hybridized carbons (Fsp3) is 0.125. The van der Waals surface area contributed by atoms with E-state index in [1.807, 2.05) is 0 Å². The van der Waals surface area contributed by atoms with Gasteiger partial charge in [0.25, 0.3) is 0 Å². The predicted octanol–water partition coefficient (Wildman–Crippen LogP) is 1.58. The molecule has 74 valence electrons. The largest absolute Gasteiger partial charge is 0.586 e. The second-order valence-electron chi connectivity index (χ2n) is 2.56. The van der Waals surface area contributed by atoms with Crippen molar-refractivity contribution in [1.29, 1.82) is 0 Å². The van der Waals surface area contributed by atoms with Crippen LogP contribution in [0.5, 0.6) is 11.5 Å². The molecule has 0 aliphatic carbocycles. The molecule has 0 bridgehead atoms. The standard InChI is InChI=1S/C8H5F2NO3/c9-8(10)13-6-3-1-2-5(11-4-12)7(6)14-8/h1-4H,(H,11,12). The van der Waals surface area contributed by atoms with Crippen LogP contribution in [-0.4, -0.2) is 12.7 Å². The number of para-hydroxylation sites is 1. The molecule has 1 aromatic carbocycles. The van der Waals surface area contributed by atoms with Gasteiger partial charge in [0.2, 0.25) is 6.41 Å². The van der Waals surface area contributed by atoms with E-state index >= 15 is 0 Å². The van der Waals surface area contributed by atoms with E-state index < -0.39 is 6.29 Å². The van der Waals surface area contributed by atoms with Gasteiger partial charge >= 0.3 is 6.29 Å². The van der Waals surface area contributed by atoms with E-state index in [-0.39, 0.29) is 17.2 Å². The number of amides is 1. The Bertz CT molecular complexity index is 381. The number of carbonyl (C=O) groups excluding carboxylic acids is 1. The SMILES string of the molecule is O=CNc1cccc2c1OC(F)(F)O2. The molecule has 0 aromatic heterocycles. The molecule has 1 amide bonds. The van der Waals surface area contributed by atoms with E-state index in [0.29, 0.717) is 6.41 Å². The van der Waals surface area contributed by atoms with Gasteiger partial charge in [0, 0.05) is 0 Å². The molecule has 0 spiro atoms. The number of carbonyl (C=O) groups is 1. The molecule has 1 heterocycles. The molecule has 1 aliphatic rings. The molecule has 0 unspecified atom stereocenters. The number of benzene rings is 1. The maximum Gasteiger partial charge on any atom is 0.586 e. The third-order valence-corrected chi connectivity index (χ3v) is 1.64. The lowest BCUT2D eigenvalue weighted by Crippen LogP contribution is -2.26. The van der Waals surface area contributed by atoms with Crippen LogP contribution >= 0.6 is 0 Å². The van der Waals surface area contributed by atoms with Crippen LogP contribution in [0, 0.1) is 0 Å². The van der Waals surface area contributed by atoms with Gasteiger partial charge in [0.15, 0.2) is 11.5 Å². The Morgan fingerprint density at radius 1 is 1.36 bits per heavy atom. The lowest BCUT2D eigenvalue weighted by Gasteiger charge is -2.05. The highest BCUT2D eigenvalue weighted by atomic mass is 19.3. The first kappa shape index (κ1) is 8.74. The lowest BCUT2D eigenvalue weighted by atomic mass is 10.3. The summed E-state index contributed by atoms with van der Waals surface area (Å²) >= 11 is 0. The Labute approximate surface area is 77.4 Å². The number of hydrogen-bond acceptors (Lipinski definition) is 3. The van der Waals surface area contributed by atoms with Crippen molar-refractivity contribution >= 4 is 12.1 Å². The first-order valence-electron chi connectivity index (χ1n) is 3.71. The second kappa shape index (κ2) is 2.83. The van der Waals surface area contributed by atoms with Crippen molar-refractivity contribution in [3.8, 4) is 11.5 Å². The van der Waals surface area contributed by atoms with Crippen LogP contribution in [0.15, 0.2) is 18.2 Å². The monoisotopic (exact) mass is 201 g/mol. The minimum atomic E-state index is -3.66. The maximum absolute atomic E-state index is 12.6. The van der Waals surface area contributed by atoms with Crippen LogP contribution in [0.2, 0.25) is 0 Å². The van der Waals surface area contributed by atoms with Gasteiger partial charge in [0.1, 0.15) is 0 Å². The number of alkyl halides is 2. The number of hydrogen-bond donors (Lipinski definition) is 1. The predicted molar refractivity (Wildman–Crippen MR) is 42.3 cm³/mol. The third-order valence-electron chi connectivity index (χ3n) is 1.64. The summed E-state index contributed by atoms with van der Waals surface area (Å²) in [6.45, 7) is 0. The summed E-state index contributed by atoms with van der Waals surface area (Å²) < 4.78 is 33.6. The maximum atomic E-state index is 12.6. The molecule has 1 aliphatic heterocycles. The highest BCUT2D eigenvalue weighted by Crippen LogP contribution is 2.45. The molecule has 0 atom stereocenters. The Kier molecular flexibility index (Phi) is 1.77. The molecule has 0 saturated carbocycles. The lowest BCUT2D eigenvalue weighted by molar-refractivity contribution is -0.286. The van der Waals surface area contributed by atoms with Crippen molar-refractivity contribution < 1.29 is 23.0 Å². The van der Waals surface area contributed by atoms with Gasteiger partial charge in [-0.1, -0.05) is 6.07 Å². The summed E-state index contributed by atoms with van der Waals surface area (Å²) in [5, 5.41) is 2.23. The fourth-order valence-corrected chi connectivity index (χ4v) is 1.15. The van der Waals surface area contributed by atoms with Crippen molar-refractivity contribution in [3.05, 3.63) is 18.2 Å². The second-order valence-corrected chi connectivity index (χ2v) is 2.56. The number of fused-ring (bicyclic) bond motifs is 1. The van der Waals surface area contributed by atoms with Crippen LogP contribution in [0.3, 0.4) is 0 Å². The van der Waals surface area contributed by atoms with Gasteiger partial charge in [-0.3, -0.25) is 4.79 Å². The molecule has 14 heavy (non-hydrogen) atoms. The van der Waals surface area contributed by atoms with Crippen LogP contribution in [0.4, 0.5) is 14.5 Å². The zero-order valence-electron chi connectivity index (χ0n) is 6.79. The van der Waals surface area contributed by atoms with Gasteiger partial charge < -0.3 is 14.8 Å². The molecule has 4 nitrogen and oxygen atoms in total. The first-order chi connectivity index (χ1) is 6.62. The van der Waals surface area contributed by atoms with E-state index in [0.717, 1.165) is 0 Å². The molecule has 0 fully saturated rings. The number of nitrogens with one attached hydrogen (secondary N) is 1. The van der Waals surface area contributed by atoms with Crippen LogP contribution in [0.1, 0.15) is 0 Å². The summed E-state index contributed by atoms with van der Waals surface area (Å²) in [6, 6.07) is 4.22. The summed E-state index contributed by atoms with van der Waals surface area (Å²) in [7, 11) is 0. The minimum absolute atomic E-state index is 0.0955. The number of anilines is 1. The highest BCUT2D eigenvalue weighted by Gasteiger charge is 2.44.